The molecule has 164 valence electrons. The fourth-order valence-electron chi connectivity index (χ4n) is 4.57. The quantitative estimate of drug-likeness (QED) is 0.276. The van der Waals surface area contributed by atoms with Gasteiger partial charge in [-0.1, -0.05) is 23.8 Å². The van der Waals surface area contributed by atoms with Gasteiger partial charge >= 0.3 is 5.97 Å². The van der Waals surface area contributed by atoms with E-state index in [0.717, 1.165) is 11.4 Å². The van der Waals surface area contributed by atoms with Gasteiger partial charge in [-0.3, -0.25) is 9.59 Å². The van der Waals surface area contributed by atoms with Gasteiger partial charge in [-0.05, 0) is 38.2 Å². The molecule has 1 saturated carbocycles. The van der Waals surface area contributed by atoms with E-state index in [1.54, 1.807) is 19.9 Å². The molecule has 1 aromatic carbocycles. The van der Waals surface area contributed by atoms with Gasteiger partial charge in [0, 0.05) is 16.7 Å². The molecule has 0 N–H and O–H groups in total. The van der Waals surface area contributed by atoms with Crippen LogP contribution in [0.15, 0.2) is 29.4 Å². The summed E-state index contributed by atoms with van der Waals surface area (Å²) < 4.78 is 16.1. The first kappa shape index (κ1) is 21.4. The van der Waals surface area contributed by atoms with Gasteiger partial charge in [0.25, 0.3) is 11.8 Å². The highest BCUT2D eigenvalue weighted by Gasteiger charge is 2.59. The standard InChI is InChI=1S/C22H23ClN2O6/c1-4-30-22(28)11(2)31-19-14(8-15(23)9-16(19)29-3)10-24-25-20(26)17-12-5-6-13(7-12)18(17)21(25)27/h5-6,8-13,17-18H,4,7H2,1-3H3/t11-,12-,13-,17-,18+/m0/s1. The van der Waals surface area contributed by atoms with Gasteiger partial charge in [-0.2, -0.15) is 10.1 Å². The van der Waals surface area contributed by atoms with E-state index in [0.29, 0.717) is 10.6 Å². The molecule has 1 saturated heterocycles. The van der Waals surface area contributed by atoms with Crippen LogP contribution in [-0.2, 0) is 19.1 Å². The van der Waals surface area contributed by atoms with Crippen molar-refractivity contribution in [2.75, 3.05) is 13.7 Å². The third-order valence-corrected chi connectivity index (χ3v) is 6.16. The van der Waals surface area contributed by atoms with Crippen LogP contribution in [-0.4, -0.2) is 48.8 Å². The number of carbonyl (C=O) groups is 3. The van der Waals surface area contributed by atoms with E-state index in [4.69, 9.17) is 25.8 Å². The normalized spacial score (nSPS) is 27.2. The van der Waals surface area contributed by atoms with Crippen LogP contribution in [0.4, 0.5) is 0 Å². The third kappa shape index (κ3) is 3.69. The molecule has 0 spiro atoms. The Balaban J connectivity index is 1.61. The number of amides is 2. The molecule has 9 heteroatoms. The Morgan fingerprint density at radius 1 is 1.26 bits per heavy atom. The number of halogens is 1. The second kappa shape index (κ2) is 8.34. The highest BCUT2D eigenvalue weighted by atomic mass is 35.5. The van der Waals surface area contributed by atoms with Crippen molar-refractivity contribution in [3.63, 3.8) is 0 Å². The molecule has 3 aliphatic rings. The molecule has 2 amide bonds. The van der Waals surface area contributed by atoms with Crippen LogP contribution >= 0.6 is 11.6 Å². The lowest BCUT2D eigenvalue weighted by Crippen LogP contribution is -2.28. The first-order valence-corrected chi connectivity index (χ1v) is 10.5. The highest BCUT2D eigenvalue weighted by molar-refractivity contribution is 6.31. The Kier molecular flexibility index (Phi) is 5.75. The number of fused-ring (bicyclic) bond motifs is 5. The lowest BCUT2D eigenvalue weighted by Gasteiger charge is -2.18. The number of rotatable bonds is 7. The predicted molar refractivity (Wildman–Crippen MR) is 112 cm³/mol. The Bertz CT molecular complexity index is 960. The number of benzene rings is 1. The smallest absolute Gasteiger partial charge is 0.347 e. The zero-order valence-electron chi connectivity index (χ0n) is 17.4. The molecule has 2 bridgehead atoms. The maximum atomic E-state index is 12.8. The number of nitrogens with zero attached hydrogens (tertiary/aromatic N) is 2. The fraction of sp³-hybridized carbons (Fsp3) is 0.455. The highest BCUT2D eigenvalue weighted by Crippen LogP contribution is 2.52. The van der Waals surface area contributed by atoms with Crippen molar-refractivity contribution in [2.24, 2.45) is 28.8 Å². The minimum Gasteiger partial charge on any atom is -0.493 e. The van der Waals surface area contributed by atoms with E-state index in [-0.39, 0.29) is 53.6 Å². The number of carbonyl (C=O) groups excluding carboxylic acids is 3. The van der Waals surface area contributed by atoms with Crippen molar-refractivity contribution in [3.05, 3.63) is 34.9 Å². The molecule has 4 rings (SSSR count). The number of imide groups is 1. The first-order chi connectivity index (χ1) is 14.8. The van der Waals surface area contributed by atoms with Gasteiger partial charge in [0.1, 0.15) is 0 Å². The average Bonchev–Trinajstić information content (AvgIpc) is 3.42. The van der Waals surface area contributed by atoms with E-state index in [2.05, 4.69) is 5.10 Å². The number of esters is 1. The third-order valence-electron chi connectivity index (χ3n) is 5.94. The van der Waals surface area contributed by atoms with E-state index < -0.39 is 12.1 Å². The van der Waals surface area contributed by atoms with Gasteiger partial charge in [0.2, 0.25) is 0 Å². The summed E-state index contributed by atoms with van der Waals surface area (Å²) in [5, 5.41) is 5.45. The molecule has 2 fully saturated rings. The van der Waals surface area contributed by atoms with Crippen molar-refractivity contribution in [1.29, 1.82) is 0 Å². The lowest BCUT2D eigenvalue weighted by atomic mass is 9.85. The Morgan fingerprint density at radius 3 is 2.48 bits per heavy atom. The molecular formula is C22H23ClN2O6. The van der Waals surface area contributed by atoms with Gasteiger partial charge in [0.05, 0.1) is 31.8 Å². The Morgan fingerprint density at radius 2 is 1.90 bits per heavy atom. The Hall–Kier alpha value is -2.87. The summed E-state index contributed by atoms with van der Waals surface area (Å²) >= 11 is 6.18. The number of hydrogen-bond acceptors (Lipinski definition) is 7. The zero-order chi connectivity index (χ0) is 22.3. The van der Waals surface area contributed by atoms with Gasteiger partial charge in [0.15, 0.2) is 17.6 Å². The topological polar surface area (TPSA) is 94.5 Å². The molecule has 1 aromatic rings. The predicted octanol–water partition coefficient (Wildman–Crippen LogP) is 2.82. The summed E-state index contributed by atoms with van der Waals surface area (Å²) in [5.41, 5.74) is 0.360. The van der Waals surface area contributed by atoms with Gasteiger partial charge in [-0.25, -0.2) is 4.79 Å². The first-order valence-electron chi connectivity index (χ1n) is 10.2. The molecule has 0 aromatic heterocycles. The maximum Gasteiger partial charge on any atom is 0.347 e. The lowest BCUT2D eigenvalue weighted by molar-refractivity contribution is -0.150. The van der Waals surface area contributed by atoms with Crippen LogP contribution in [0.1, 0.15) is 25.8 Å². The second-order valence-corrected chi connectivity index (χ2v) is 8.21. The van der Waals surface area contributed by atoms with Crippen LogP contribution in [0.25, 0.3) is 0 Å². The molecule has 2 aliphatic carbocycles. The van der Waals surface area contributed by atoms with Crippen LogP contribution < -0.4 is 9.47 Å². The monoisotopic (exact) mass is 446 g/mol. The van der Waals surface area contributed by atoms with E-state index in [1.807, 2.05) is 12.2 Å². The van der Waals surface area contributed by atoms with Crippen LogP contribution in [0.3, 0.4) is 0 Å². The zero-order valence-corrected chi connectivity index (χ0v) is 18.2. The summed E-state index contributed by atoms with van der Waals surface area (Å²) in [4.78, 5) is 37.7. The largest absolute Gasteiger partial charge is 0.493 e. The average molecular weight is 447 g/mol. The minimum absolute atomic E-state index is 0.0993. The van der Waals surface area contributed by atoms with Gasteiger partial charge in [-0.15, -0.1) is 0 Å². The molecule has 0 unspecified atom stereocenters. The molecule has 8 nitrogen and oxygen atoms in total. The summed E-state index contributed by atoms with van der Waals surface area (Å²) in [6.45, 7) is 3.47. The maximum absolute atomic E-state index is 12.8. The summed E-state index contributed by atoms with van der Waals surface area (Å²) in [6, 6.07) is 3.09. The minimum atomic E-state index is -0.918. The van der Waals surface area contributed by atoms with Crippen molar-refractivity contribution in [3.8, 4) is 11.5 Å². The van der Waals surface area contributed by atoms with E-state index in [1.165, 1.54) is 19.4 Å². The van der Waals surface area contributed by atoms with Crippen molar-refractivity contribution < 1.29 is 28.6 Å². The molecule has 1 heterocycles. The number of allylic oxidation sites excluding steroid dienone is 2. The second-order valence-electron chi connectivity index (χ2n) is 7.77. The van der Waals surface area contributed by atoms with Crippen LogP contribution in [0.5, 0.6) is 11.5 Å². The van der Waals surface area contributed by atoms with Crippen LogP contribution in [0, 0.1) is 23.7 Å². The van der Waals surface area contributed by atoms with Crippen molar-refractivity contribution >= 4 is 35.6 Å². The number of hydrazone groups is 1. The molecule has 0 radical (unpaired) electrons. The van der Waals surface area contributed by atoms with E-state index in [9.17, 15) is 14.4 Å². The van der Waals surface area contributed by atoms with E-state index >= 15 is 0 Å². The molecular weight excluding hydrogens is 424 g/mol. The number of methoxy groups -OCH3 is 1. The fourth-order valence-corrected chi connectivity index (χ4v) is 4.78. The molecule has 31 heavy (non-hydrogen) atoms. The molecule has 5 atom stereocenters. The number of hydrogen-bond donors (Lipinski definition) is 0. The Labute approximate surface area is 184 Å². The van der Waals surface area contributed by atoms with Crippen molar-refractivity contribution in [2.45, 2.75) is 26.4 Å². The summed E-state index contributed by atoms with van der Waals surface area (Å²) in [5.74, 6) is -1.12. The van der Waals surface area contributed by atoms with Crippen molar-refractivity contribution in [1.82, 2.24) is 5.01 Å². The SMILES string of the molecule is CCOC(=O)[C@H](C)Oc1c(C=NN2C(=O)[C@@H]3[C@H](C2=O)[C@H]2C=C[C@H]3C2)cc(Cl)cc1OC. The molecule has 1 aliphatic heterocycles. The van der Waals surface area contributed by atoms with Crippen LogP contribution in [0.2, 0.25) is 5.02 Å². The number of ether oxygens (including phenoxy) is 3. The summed E-state index contributed by atoms with van der Waals surface area (Å²) in [7, 11) is 1.44. The summed E-state index contributed by atoms with van der Waals surface area (Å²) in [6.07, 6.45) is 5.30. The van der Waals surface area contributed by atoms with Gasteiger partial charge < -0.3 is 14.2 Å².